The highest BCUT2D eigenvalue weighted by Gasteiger charge is 2.18. The lowest BCUT2D eigenvalue weighted by atomic mass is 10.3. The zero-order valence-electron chi connectivity index (χ0n) is 8.62. The van der Waals surface area contributed by atoms with E-state index in [0.717, 1.165) is 19.7 Å². The van der Waals surface area contributed by atoms with Gasteiger partial charge in [0.1, 0.15) is 0 Å². The molecule has 0 aromatic rings. The van der Waals surface area contributed by atoms with Gasteiger partial charge in [-0.25, -0.2) is 0 Å². The molecule has 1 amide bonds. The van der Waals surface area contributed by atoms with E-state index in [9.17, 15) is 4.79 Å². The first-order valence-corrected chi connectivity index (χ1v) is 5.73. The van der Waals surface area contributed by atoms with E-state index >= 15 is 0 Å². The first kappa shape index (κ1) is 11.9. The van der Waals surface area contributed by atoms with Gasteiger partial charge in [0.25, 0.3) is 0 Å². The molecule has 14 heavy (non-hydrogen) atoms. The maximum absolute atomic E-state index is 11.2. The van der Waals surface area contributed by atoms with Gasteiger partial charge in [-0.2, -0.15) is 0 Å². The van der Waals surface area contributed by atoms with Gasteiger partial charge in [-0.15, -0.1) is 0 Å². The second-order valence-electron chi connectivity index (χ2n) is 3.62. The molecule has 0 aromatic heterocycles. The van der Waals surface area contributed by atoms with Gasteiger partial charge in [0.15, 0.2) is 0 Å². The van der Waals surface area contributed by atoms with Gasteiger partial charge < -0.3 is 15.0 Å². The smallest absolute Gasteiger partial charge is 0.233 e. The molecular formula is C9H17BrN2O2. The predicted octanol–water partition coefficient (Wildman–Crippen LogP) is 0.217. The maximum atomic E-state index is 11.2. The van der Waals surface area contributed by atoms with Gasteiger partial charge in [-0.1, -0.05) is 15.9 Å². The Morgan fingerprint density at radius 1 is 1.79 bits per heavy atom. The van der Waals surface area contributed by atoms with Crippen molar-refractivity contribution in [3.63, 3.8) is 0 Å². The first-order chi connectivity index (χ1) is 6.59. The van der Waals surface area contributed by atoms with Crippen LogP contribution in [0.1, 0.15) is 6.92 Å². The Bertz CT molecular complexity index is 199. The molecule has 2 atom stereocenters. The molecule has 1 heterocycles. The number of nitrogens with zero attached hydrogens (tertiary/aromatic N) is 1. The fourth-order valence-corrected chi connectivity index (χ4v) is 1.51. The van der Waals surface area contributed by atoms with Crippen molar-refractivity contribution < 1.29 is 9.53 Å². The molecule has 1 fully saturated rings. The Morgan fingerprint density at radius 2 is 2.50 bits per heavy atom. The highest BCUT2D eigenvalue weighted by atomic mass is 79.9. The second kappa shape index (κ2) is 5.68. The molecule has 0 radical (unpaired) electrons. The molecule has 4 nitrogen and oxygen atoms in total. The van der Waals surface area contributed by atoms with Crippen molar-refractivity contribution >= 4 is 21.8 Å². The van der Waals surface area contributed by atoms with Crippen LogP contribution in [0.15, 0.2) is 0 Å². The summed E-state index contributed by atoms with van der Waals surface area (Å²) in [5.41, 5.74) is 0. The summed E-state index contributed by atoms with van der Waals surface area (Å²) in [6.45, 7) is 5.01. The van der Waals surface area contributed by atoms with Crippen LogP contribution in [0, 0.1) is 0 Å². The summed E-state index contributed by atoms with van der Waals surface area (Å²) < 4.78 is 5.51. The van der Waals surface area contributed by atoms with Crippen molar-refractivity contribution in [2.45, 2.75) is 17.9 Å². The zero-order valence-corrected chi connectivity index (χ0v) is 10.2. The fourth-order valence-electron chi connectivity index (χ4n) is 1.35. The average Bonchev–Trinajstić information content (AvgIpc) is 2.14. The number of hydrogen-bond donors (Lipinski definition) is 1. The molecule has 1 N–H and O–H groups in total. The monoisotopic (exact) mass is 264 g/mol. The first-order valence-electron chi connectivity index (χ1n) is 4.81. The molecule has 2 unspecified atom stereocenters. The number of nitrogens with one attached hydrogen (secondary N) is 1. The van der Waals surface area contributed by atoms with Crippen LogP contribution >= 0.6 is 15.9 Å². The lowest BCUT2D eigenvalue weighted by Crippen LogP contribution is -2.46. The van der Waals surface area contributed by atoms with Gasteiger partial charge in [-0.05, 0) is 14.0 Å². The SMILES string of the molecule is CC(Br)C(=O)NCC1CN(C)CCO1. The van der Waals surface area contributed by atoms with Crippen molar-refractivity contribution in [3.05, 3.63) is 0 Å². The van der Waals surface area contributed by atoms with Crippen LogP contribution in [-0.4, -0.2) is 55.0 Å². The average molecular weight is 265 g/mol. The van der Waals surface area contributed by atoms with Crippen LogP contribution < -0.4 is 5.32 Å². The standard InChI is InChI=1S/C9H17BrN2O2/c1-7(10)9(13)11-5-8-6-12(2)3-4-14-8/h7-8H,3-6H2,1-2H3,(H,11,13). The number of alkyl halides is 1. The molecule has 1 aliphatic rings. The highest BCUT2D eigenvalue weighted by molar-refractivity contribution is 9.10. The molecular weight excluding hydrogens is 248 g/mol. The van der Waals surface area contributed by atoms with Crippen molar-refractivity contribution in [2.75, 3.05) is 33.3 Å². The molecule has 0 aliphatic carbocycles. The summed E-state index contributed by atoms with van der Waals surface area (Å²) in [5, 5.41) is 2.83. The number of amides is 1. The Kier molecular flexibility index (Phi) is 4.84. The Hall–Kier alpha value is -0.130. The molecule has 0 aromatic carbocycles. The molecule has 0 bridgehead atoms. The third-order valence-corrected chi connectivity index (χ3v) is 2.62. The number of rotatable bonds is 3. The lowest BCUT2D eigenvalue weighted by molar-refractivity contribution is -0.121. The topological polar surface area (TPSA) is 41.6 Å². The van der Waals surface area contributed by atoms with Crippen LogP contribution in [0.2, 0.25) is 0 Å². The summed E-state index contributed by atoms with van der Waals surface area (Å²) in [5.74, 6) is 0.0156. The maximum Gasteiger partial charge on any atom is 0.233 e. The van der Waals surface area contributed by atoms with E-state index in [1.807, 2.05) is 6.92 Å². The van der Waals surface area contributed by atoms with Crippen molar-refractivity contribution in [1.29, 1.82) is 0 Å². The number of carbonyl (C=O) groups is 1. The van der Waals surface area contributed by atoms with Crippen LogP contribution in [0.3, 0.4) is 0 Å². The second-order valence-corrected chi connectivity index (χ2v) is 4.99. The van der Waals surface area contributed by atoms with E-state index in [4.69, 9.17) is 4.74 Å². The number of ether oxygens (including phenoxy) is 1. The van der Waals surface area contributed by atoms with E-state index in [0.29, 0.717) is 6.54 Å². The van der Waals surface area contributed by atoms with Crippen LogP contribution in [-0.2, 0) is 9.53 Å². The Morgan fingerprint density at radius 3 is 3.07 bits per heavy atom. The Balaban J connectivity index is 2.20. The van der Waals surface area contributed by atoms with Gasteiger partial charge in [0, 0.05) is 19.6 Å². The minimum Gasteiger partial charge on any atom is -0.374 e. The minimum absolute atomic E-state index is 0.0156. The number of hydrogen-bond acceptors (Lipinski definition) is 3. The largest absolute Gasteiger partial charge is 0.374 e. The van der Waals surface area contributed by atoms with Crippen LogP contribution in [0.25, 0.3) is 0 Å². The third-order valence-electron chi connectivity index (χ3n) is 2.21. The highest BCUT2D eigenvalue weighted by Crippen LogP contribution is 2.02. The number of morpholine rings is 1. The van der Waals surface area contributed by atoms with E-state index in [-0.39, 0.29) is 16.8 Å². The molecule has 1 saturated heterocycles. The number of halogens is 1. The van der Waals surface area contributed by atoms with Crippen molar-refractivity contribution in [3.8, 4) is 0 Å². The van der Waals surface area contributed by atoms with E-state index < -0.39 is 0 Å². The molecule has 82 valence electrons. The number of likely N-dealkylation sites (N-methyl/N-ethyl adjacent to an activating group) is 1. The molecule has 1 aliphatic heterocycles. The normalized spacial score (nSPS) is 25.8. The van der Waals surface area contributed by atoms with Gasteiger partial charge >= 0.3 is 0 Å². The van der Waals surface area contributed by atoms with E-state index in [1.165, 1.54) is 0 Å². The number of carbonyl (C=O) groups excluding carboxylic acids is 1. The van der Waals surface area contributed by atoms with Crippen molar-refractivity contribution in [1.82, 2.24) is 10.2 Å². The third kappa shape index (κ3) is 3.94. The van der Waals surface area contributed by atoms with E-state index in [1.54, 1.807) is 0 Å². The van der Waals surface area contributed by atoms with Gasteiger partial charge in [0.2, 0.25) is 5.91 Å². The lowest BCUT2D eigenvalue weighted by Gasteiger charge is -2.30. The summed E-state index contributed by atoms with van der Waals surface area (Å²) >= 11 is 3.21. The Labute approximate surface area is 93.1 Å². The van der Waals surface area contributed by atoms with E-state index in [2.05, 4.69) is 33.2 Å². The summed E-state index contributed by atoms with van der Waals surface area (Å²) in [6.07, 6.45) is 0.129. The summed E-state index contributed by atoms with van der Waals surface area (Å²) in [4.78, 5) is 13.3. The van der Waals surface area contributed by atoms with Crippen LogP contribution in [0.4, 0.5) is 0 Å². The predicted molar refractivity (Wildman–Crippen MR) is 58.6 cm³/mol. The summed E-state index contributed by atoms with van der Waals surface area (Å²) in [7, 11) is 2.06. The molecule has 5 heteroatoms. The van der Waals surface area contributed by atoms with Crippen LogP contribution in [0.5, 0.6) is 0 Å². The molecule has 1 rings (SSSR count). The molecule has 0 spiro atoms. The van der Waals surface area contributed by atoms with Gasteiger partial charge in [0.05, 0.1) is 17.5 Å². The summed E-state index contributed by atoms with van der Waals surface area (Å²) in [6, 6.07) is 0. The minimum atomic E-state index is -0.135. The zero-order chi connectivity index (χ0) is 10.6. The van der Waals surface area contributed by atoms with Crippen molar-refractivity contribution in [2.24, 2.45) is 0 Å². The molecule has 0 saturated carbocycles. The fraction of sp³-hybridized carbons (Fsp3) is 0.889. The quantitative estimate of drug-likeness (QED) is 0.742. The van der Waals surface area contributed by atoms with Gasteiger partial charge in [-0.3, -0.25) is 4.79 Å².